The van der Waals surface area contributed by atoms with Crippen LogP contribution in [0.25, 0.3) is 17.4 Å². The summed E-state index contributed by atoms with van der Waals surface area (Å²) in [6.07, 6.45) is 1.59. The average Bonchev–Trinajstić information content (AvgIpc) is 3.26. The second-order valence-corrected chi connectivity index (χ2v) is 8.16. The zero-order valence-corrected chi connectivity index (χ0v) is 17.1. The van der Waals surface area contributed by atoms with Gasteiger partial charge in [0, 0.05) is 16.7 Å². The van der Waals surface area contributed by atoms with E-state index in [9.17, 15) is 14.7 Å². The number of rotatable bonds is 4. The van der Waals surface area contributed by atoms with Crippen LogP contribution in [0.2, 0.25) is 5.02 Å². The van der Waals surface area contributed by atoms with Crippen LogP contribution in [0.3, 0.4) is 0 Å². The molecule has 2 aromatic carbocycles. The van der Waals surface area contributed by atoms with Crippen LogP contribution in [-0.4, -0.2) is 21.3 Å². The van der Waals surface area contributed by atoms with Crippen molar-refractivity contribution < 1.29 is 19.1 Å². The Labute approximate surface area is 180 Å². The van der Waals surface area contributed by atoms with Gasteiger partial charge in [-0.3, -0.25) is 9.69 Å². The van der Waals surface area contributed by atoms with E-state index in [-0.39, 0.29) is 11.5 Å². The molecule has 1 N–H and O–H groups in total. The fourth-order valence-electron chi connectivity index (χ4n) is 2.89. The number of aromatic carboxylic acids is 1. The third-order valence-corrected chi connectivity index (χ3v) is 5.72. The molecule has 29 heavy (non-hydrogen) atoms. The highest BCUT2D eigenvalue weighted by atomic mass is 35.5. The molecule has 1 aromatic heterocycles. The summed E-state index contributed by atoms with van der Waals surface area (Å²) in [5, 5.41) is 9.86. The molecule has 2 heterocycles. The van der Waals surface area contributed by atoms with E-state index in [1.807, 2.05) is 0 Å². The summed E-state index contributed by atoms with van der Waals surface area (Å²) >= 11 is 12.5. The van der Waals surface area contributed by atoms with E-state index in [0.717, 1.165) is 11.8 Å². The van der Waals surface area contributed by atoms with E-state index >= 15 is 0 Å². The maximum Gasteiger partial charge on any atom is 0.336 e. The molecule has 1 aliphatic heterocycles. The number of thioether (sulfide) groups is 1. The van der Waals surface area contributed by atoms with Gasteiger partial charge in [0.25, 0.3) is 5.91 Å². The van der Waals surface area contributed by atoms with Crippen molar-refractivity contribution in [3.05, 3.63) is 81.9 Å². The fraction of sp³-hybridized carbons (Fsp3) is 0. The average molecular weight is 442 g/mol. The lowest BCUT2D eigenvalue weighted by molar-refractivity contribution is -0.113. The summed E-state index contributed by atoms with van der Waals surface area (Å²) in [6, 6.07) is 16.8. The van der Waals surface area contributed by atoms with E-state index in [2.05, 4.69) is 0 Å². The van der Waals surface area contributed by atoms with Crippen molar-refractivity contribution in [3.63, 3.8) is 0 Å². The van der Waals surface area contributed by atoms with Gasteiger partial charge in [0.05, 0.1) is 16.2 Å². The first-order valence-corrected chi connectivity index (χ1v) is 10.0. The molecular formula is C21H12ClNO4S2. The Kier molecular flexibility index (Phi) is 5.27. The van der Waals surface area contributed by atoms with Crippen molar-refractivity contribution in [1.29, 1.82) is 0 Å². The number of anilines is 1. The molecule has 1 amide bonds. The van der Waals surface area contributed by atoms with E-state index in [0.29, 0.717) is 37.0 Å². The lowest BCUT2D eigenvalue weighted by atomic mass is 10.1. The van der Waals surface area contributed by atoms with Crippen LogP contribution in [0, 0.1) is 0 Å². The van der Waals surface area contributed by atoms with Gasteiger partial charge in [-0.1, -0.05) is 59.8 Å². The van der Waals surface area contributed by atoms with E-state index in [1.54, 1.807) is 60.7 Å². The Balaban J connectivity index is 1.64. The van der Waals surface area contributed by atoms with E-state index < -0.39 is 5.97 Å². The van der Waals surface area contributed by atoms with Gasteiger partial charge in [0.15, 0.2) is 4.32 Å². The van der Waals surface area contributed by atoms with Gasteiger partial charge in [-0.05, 0) is 36.4 Å². The maximum atomic E-state index is 12.8. The Hall–Kier alpha value is -2.87. The molecule has 5 nitrogen and oxygen atoms in total. The molecule has 3 aromatic rings. The highest BCUT2D eigenvalue weighted by molar-refractivity contribution is 8.27. The van der Waals surface area contributed by atoms with Crippen LogP contribution in [0.1, 0.15) is 16.1 Å². The number of carboxylic acids is 1. The molecule has 0 radical (unpaired) electrons. The Morgan fingerprint density at radius 2 is 1.93 bits per heavy atom. The van der Waals surface area contributed by atoms with Crippen LogP contribution in [-0.2, 0) is 4.79 Å². The molecule has 8 heteroatoms. The first-order chi connectivity index (χ1) is 13.9. The van der Waals surface area contributed by atoms with Gasteiger partial charge in [-0.2, -0.15) is 0 Å². The van der Waals surface area contributed by atoms with Crippen LogP contribution in [0.4, 0.5) is 5.69 Å². The quantitative estimate of drug-likeness (QED) is 0.413. The number of hydrogen-bond donors (Lipinski definition) is 1. The van der Waals surface area contributed by atoms with Crippen LogP contribution >= 0.6 is 35.6 Å². The molecular weight excluding hydrogens is 430 g/mol. The zero-order chi connectivity index (χ0) is 20.5. The second kappa shape index (κ2) is 7.87. The minimum Gasteiger partial charge on any atom is -0.478 e. The molecule has 0 spiro atoms. The lowest BCUT2D eigenvalue weighted by Gasteiger charge is -2.14. The number of halogens is 1. The van der Waals surface area contributed by atoms with Crippen molar-refractivity contribution in [3.8, 4) is 11.3 Å². The molecule has 0 saturated carbocycles. The SMILES string of the molecule is O=C(O)c1ccccc1-c1ccc(/C=C2/SC(=S)N(c3cccc(Cl)c3)C2=O)o1. The van der Waals surface area contributed by atoms with Crippen molar-refractivity contribution in [2.24, 2.45) is 0 Å². The fourth-order valence-corrected chi connectivity index (χ4v) is 4.36. The second-order valence-electron chi connectivity index (χ2n) is 6.05. The van der Waals surface area contributed by atoms with Crippen molar-refractivity contribution in [2.45, 2.75) is 0 Å². The van der Waals surface area contributed by atoms with Gasteiger partial charge < -0.3 is 9.52 Å². The standard InChI is InChI=1S/C21H12ClNO4S2/c22-12-4-3-5-13(10-12)23-19(24)18(29-21(23)28)11-14-8-9-17(27-14)15-6-1-2-7-16(15)20(25)26/h1-11H,(H,25,26)/b18-11+. The number of thiocarbonyl (C=S) groups is 1. The Bertz CT molecular complexity index is 1180. The first-order valence-electron chi connectivity index (χ1n) is 8.40. The first kappa shape index (κ1) is 19.4. The number of carbonyl (C=O) groups excluding carboxylic acids is 1. The topological polar surface area (TPSA) is 70.8 Å². The number of nitrogens with zero attached hydrogens (tertiary/aromatic N) is 1. The highest BCUT2D eigenvalue weighted by Crippen LogP contribution is 2.37. The Morgan fingerprint density at radius 1 is 1.14 bits per heavy atom. The molecule has 0 atom stereocenters. The summed E-state index contributed by atoms with van der Waals surface area (Å²) in [4.78, 5) is 26.1. The van der Waals surface area contributed by atoms with Crippen LogP contribution < -0.4 is 4.90 Å². The molecule has 0 unspecified atom stereocenters. The number of amides is 1. The van der Waals surface area contributed by atoms with Gasteiger partial charge in [0.1, 0.15) is 11.5 Å². The summed E-state index contributed by atoms with van der Waals surface area (Å²) < 4.78 is 6.17. The summed E-state index contributed by atoms with van der Waals surface area (Å²) in [5.41, 5.74) is 1.20. The zero-order valence-electron chi connectivity index (χ0n) is 14.7. The van der Waals surface area contributed by atoms with Gasteiger partial charge >= 0.3 is 5.97 Å². The molecule has 144 valence electrons. The monoisotopic (exact) mass is 441 g/mol. The molecule has 0 aliphatic carbocycles. The van der Waals surface area contributed by atoms with Crippen molar-refractivity contribution in [1.82, 2.24) is 0 Å². The predicted octanol–water partition coefficient (Wildman–Crippen LogP) is 5.70. The third-order valence-electron chi connectivity index (χ3n) is 4.18. The summed E-state index contributed by atoms with van der Waals surface area (Å²) in [7, 11) is 0. The molecule has 1 aliphatic rings. The normalized spacial score (nSPS) is 15.3. The molecule has 0 bridgehead atoms. The maximum absolute atomic E-state index is 12.8. The van der Waals surface area contributed by atoms with E-state index in [1.165, 1.54) is 11.0 Å². The number of hydrogen-bond acceptors (Lipinski definition) is 5. The van der Waals surface area contributed by atoms with E-state index in [4.69, 9.17) is 28.2 Å². The number of furan rings is 1. The highest BCUT2D eigenvalue weighted by Gasteiger charge is 2.33. The number of carbonyl (C=O) groups is 2. The smallest absolute Gasteiger partial charge is 0.336 e. The van der Waals surface area contributed by atoms with Crippen molar-refractivity contribution in [2.75, 3.05) is 4.90 Å². The summed E-state index contributed by atoms with van der Waals surface area (Å²) in [6.45, 7) is 0. The van der Waals surface area contributed by atoms with Crippen LogP contribution in [0.5, 0.6) is 0 Å². The largest absolute Gasteiger partial charge is 0.478 e. The Morgan fingerprint density at radius 3 is 2.69 bits per heavy atom. The molecule has 1 saturated heterocycles. The lowest BCUT2D eigenvalue weighted by Crippen LogP contribution is -2.27. The third kappa shape index (κ3) is 3.85. The minimum atomic E-state index is -1.04. The minimum absolute atomic E-state index is 0.140. The van der Waals surface area contributed by atoms with Crippen LogP contribution in [0.15, 0.2) is 70.0 Å². The van der Waals surface area contributed by atoms with Gasteiger partial charge in [0.2, 0.25) is 0 Å². The van der Waals surface area contributed by atoms with Gasteiger partial charge in [-0.25, -0.2) is 4.79 Å². The van der Waals surface area contributed by atoms with Gasteiger partial charge in [-0.15, -0.1) is 0 Å². The molecule has 1 fully saturated rings. The summed E-state index contributed by atoms with van der Waals surface area (Å²) in [5.74, 6) is -0.488. The van der Waals surface area contributed by atoms with Crippen molar-refractivity contribution >= 4 is 63.5 Å². The number of benzene rings is 2. The predicted molar refractivity (Wildman–Crippen MR) is 118 cm³/mol. The molecule has 4 rings (SSSR count). The number of carboxylic acid groups (broad SMARTS) is 1.